The summed E-state index contributed by atoms with van der Waals surface area (Å²) in [6.07, 6.45) is 2.83. The number of hydrogen-bond acceptors (Lipinski definition) is 2. The Kier molecular flexibility index (Phi) is 4.31. The first-order chi connectivity index (χ1) is 7.13. The van der Waals surface area contributed by atoms with E-state index < -0.39 is 0 Å². The van der Waals surface area contributed by atoms with Crippen LogP contribution in [0.2, 0.25) is 5.02 Å². The van der Waals surface area contributed by atoms with E-state index in [1.54, 1.807) is 30.3 Å². The average Bonchev–Trinajstić information content (AvgIpc) is 2.20. The minimum Gasteiger partial charge on any atom is -0.259 e. The van der Waals surface area contributed by atoms with Crippen LogP contribution in [0.5, 0.6) is 0 Å². The van der Waals surface area contributed by atoms with Crippen LogP contribution >= 0.6 is 11.6 Å². The second kappa shape index (κ2) is 5.51. The number of nitrogens with zero attached hydrogens (tertiary/aromatic N) is 1. The molecule has 1 aromatic carbocycles. The molecule has 0 fully saturated rings. The van der Waals surface area contributed by atoms with E-state index in [9.17, 15) is 10.1 Å². The molecule has 0 amide bonds. The molecular formula is C11H12ClNO2. The lowest BCUT2D eigenvalue weighted by Gasteiger charge is -1.97. The van der Waals surface area contributed by atoms with Gasteiger partial charge in [0.25, 0.3) is 0 Å². The van der Waals surface area contributed by atoms with Gasteiger partial charge in [0.2, 0.25) is 5.70 Å². The fraction of sp³-hybridized carbons (Fsp3) is 0.273. The molecule has 0 saturated carbocycles. The molecule has 0 aliphatic heterocycles. The minimum atomic E-state index is -0.335. The molecule has 4 heteroatoms. The van der Waals surface area contributed by atoms with Gasteiger partial charge in [0, 0.05) is 17.5 Å². The van der Waals surface area contributed by atoms with E-state index in [1.165, 1.54) is 0 Å². The highest BCUT2D eigenvalue weighted by Crippen LogP contribution is 2.15. The molecule has 0 aliphatic carbocycles. The molecule has 80 valence electrons. The lowest BCUT2D eigenvalue weighted by molar-refractivity contribution is -0.426. The van der Waals surface area contributed by atoms with E-state index in [-0.39, 0.29) is 10.6 Å². The molecule has 0 atom stereocenters. The van der Waals surface area contributed by atoms with Crippen LogP contribution in [0.25, 0.3) is 6.08 Å². The summed E-state index contributed by atoms with van der Waals surface area (Å²) in [5.41, 5.74) is 1.04. The zero-order valence-corrected chi connectivity index (χ0v) is 9.20. The minimum absolute atomic E-state index is 0.236. The Morgan fingerprint density at radius 1 is 1.47 bits per heavy atom. The van der Waals surface area contributed by atoms with Gasteiger partial charge in [0.1, 0.15) is 0 Å². The Labute approximate surface area is 93.5 Å². The van der Waals surface area contributed by atoms with Gasteiger partial charge in [-0.05, 0) is 24.1 Å². The zero-order valence-electron chi connectivity index (χ0n) is 8.44. The van der Waals surface area contributed by atoms with Crippen LogP contribution < -0.4 is 0 Å². The fourth-order valence-electron chi connectivity index (χ4n) is 1.22. The van der Waals surface area contributed by atoms with Crippen LogP contribution in [-0.4, -0.2) is 4.92 Å². The maximum Gasteiger partial charge on any atom is 0.246 e. The lowest BCUT2D eigenvalue weighted by Crippen LogP contribution is -1.97. The largest absolute Gasteiger partial charge is 0.259 e. The Morgan fingerprint density at radius 2 is 2.07 bits per heavy atom. The summed E-state index contributed by atoms with van der Waals surface area (Å²) in [7, 11) is 0. The van der Waals surface area contributed by atoms with Crippen LogP contribution in [0, 0.1) is 10.1 Å². The first-order valence-electron chi connectivity index (χ1n) is 4.74. The van der Waals surface area contributed by atoms with Crippen molar-refractivity contribution in [3.05, 3.63) is 50.7 Å². The highest BCUT2D eigenvalue weighted by atomic mass is 35.5. The van der Waals surface area contributed by atoms with Crippen molar-refractivity contribution in [1.29, 1.82) is 0 Å². The van der Waals surface area contributed by atoms with Crippen LogP contribution in [0.3, 0.4) is 0 Å². The summed E-state index contributed by atoms with van der Waals surface area (Å²) in [5, 5.41) is 11.3. The van der Waals surface area contributed by atoms with E-state index in [4.69, 9.17) is 11.6 Å². The molecule has 1 aromatic rings. The van der Waals surface area contributed by atoms with Crippen molar-refractivity contribution in [2.75, 3.05) is 0 Å². The van der Waals surface area contributed by atoms with Gasteiger partial charge in [-0.2, -0.15) is 0 Å². The van der Waals surface area contributed by atoms with Crippen LogP contribution in [-0.2, 0) is 0 Å². The van der Waals surface area contributed by atoms with E-state index >= 15 is 0 Å². The van der Waals surface area contributed by atoms with Crippen molar-refractivity contribution < 1.29 is 4.92 Å². The normalized spacial score (nSPS) is 11.5. The fourth-order valence-corrected chi connectivity index (χ4v) is 1.35. The van der Waals surface area contributed by atoms with Crippen LogP contribution in [0.15, 0.2) is 30.0 Å². The highest BCUT2D eigenvalue weighted by molar-refractivity contribution is 6.30. The molecular weight excluding hydrogens is 214 g/mol. The molecule has 0 radical (unpaired) electrons. The summed E-state index contributed by atoms with van der Waals surface area (Å²) in [5.74, 6) is 0. The smallest absolute Gasteiger partial charge is 0.246 e. The van der Waals surface area contributed by atoms with E-state index in [1.807, 2.05) is 6.92 Å². The monoisotopic (exact) mass is 225 g/mol. The van der Waals surface area contributed by atoms with E-state index in [2.05, 4.69) is 0 Å². The van der Waals surface area contributed by atoms with Crippen LogP contribution in [0.4, 0.5) is 0 Å². The summed E-state index contributed by atoms with van der Waals surface area (Å²) in [4.78, 5) is 10.3. The third-order valence-corrected chi connectivity index (χ3v) is 2.20. The lowest BCUT2D eigenvalue weighted by atomic mass is 10.1. The predicted molar refractivity (Wildman–Crippen MR) is 61.3 cm³/mol. The van der Waals surface area contributed by atoms with Gasteiger partial charge < -0.3 is 0 Å². The standard InChI is InChI=1S/C11H12ClNO2/c1-2-3-11(13(14)15)8-9-4-6-10(12)7-5-9/h4-8H,2-3H2,1H3/b11-8+. The van der Waals surface area contributed by atoms with E-state index in [0.717, 1.165) is 12.0 Å². The summed E-state index contributed by atoms with van der Waals surface area (Å²) >= 11 is 5.72. The van der Waals surface area contributed by atoms with Crippen molar-refractivity contribution in [1.82, 2.24) is 0 Å². The molecule has 0 aliphatic rings. The Morgan fingerprint density at radius 3 is 2.53 bits per heavy atom. The zero-order chi connectivity index (χ0) is 11.3. The van der Waals surface area contributed by atoms with Gasteiger partial charge in [-0.15, -0.1) is 0 Å². The molecule has 0 spiro atoms. The van der Waals surface area contributed by atoms with Gasteiger partial charge in [-0.1, -0.05) is 30.7 Å². The third kappa shape index (κ3) is 3.72. The van der Waals surface area contributed by atoms with Gasteiger partial charge in [0.05, 0.1) is 4.92 Å². The molecule has 0 bridgehead atoms. The number of hydrogen-bond donors (Lipinski definition) is 0. The van der Waals surface area contributed by atoms with Crippen molar-refractivity contribution in [3.8, 4) is 0 Å². The Balaban J connectivity index is 2.91. The highest BCUT2D eigenvalue weighted by Gasteiger charge is 2.08. The summed E-state index contributed by atoms with van der Waals surface area (Å²) in [6.45, 7) is 1.92. The van der Waals surface area contributed by atoms with Gasteiger partial charge in [-0.3, -0.25) is 10.1 Å². The molecule has 15 heavy (non-hydrogen) atoms. The predicted octanol–water partition coefficient (Wildman–Crippen LogP) is 3.76. The number of nitro groups is 1. The third-order valence-electron chi connectivity index (χ3n) is 1.94. The van der Waals surface area contributed by atoms with Gasteiger partial charge >= 0.3 is 0 Å². The molecule has 0 aromatic heterocycles. The quantitative estimate of drug-likeness (QED) is 0.579. The second-order valence-electron chi connectivity index (χ2n) is 3.19. The molecule has 0 unspecified atom stereocenters. The molecule has 3 nitrogen and oxygen atoms in total. The van der Waals surface area contributed by atoms with Crippen molar-refractivity contribution in [2.24, 2.45) is 0 Å². The summed E-state index contributed by atoms with van der Waals surface area (Å²) < 4.78 is 0. The average molecular weight is 226 g/mol. The number of benzene rings is 1. The van der Waals surface area contributed by atoms with Crippen LogP contribution in [0.1, 0.15) is 25.3 Å². The second-order valence-corrected chi connectivity index (χ2v) is 3.63. The number of rotatable bonds is 4. The number of allylic oxidation sites excluding steroid dienone is 1. The maximum atomic E-state index is 10.7. The molecule has 0 heterocycles. The van der Waals surface area contributed by atoms with Gasteiger partial charge in [-0.25, -0.2) is 0 Å². The number of halogens is 1. The SMILES string of the molecule is CCC/C(=C\c1ccc(Cl)cc1)[N+](=O)[O-]. The first-order valence-corrected chi connectivity index (χ1v) is 5.12. The Hall–Kier alpha value is -1.35. The first kappa shape index (κ1) is 11.7. The van der Waals surface area contributed by atoms with Crippen molar-refractivity contribution in [2.45, 2.75) is 19.8 Å². The Bertz CT molecular complexity index is 371. The van der Waals surface area contributed by atoms with E-state index in [0.29, 0.717) is 11.4 Å². The van der Waals surface area contributed by atoms with Crippen molar-refractivity contribution >= 4 is 17.7 Å². The van der Waals surface area contributed by atoms with Crippen molar-refractivity contribution in [3.63, 3.8) is 0 Å². The molecule has 0 N–H and O–H groups in total. The summed E-state index contributed by atoms with van der Waals surface area (Å²) in [6, 6.07) is 6.97. The molecule has 0 saturated heterocycles. The molecule has 1 rings (SSSR count). The maximum absolute atomic E-state index is 10.7. The van der Waals surface area contributed by atoms with Gasteiger partial charge in [0.15, 0.2) is 0 Å². The topological polar surface area (TPSA) is 43.1 Å².